The molecule has 9 aromatic rings. The van der Waals surface area contributed by atoms with Crippen molar-refractivity contribution < 1.29 is 0 Å². The van der Waals surface area contributed by atoms with Crippen molar-refractivity contribution in [3.8, 4) is 50.6 Å². The molecule has 7 aromatic carbocycles. The Morgan fingerprint density at radius 3 is 1.88 bits per heavy atom. The quantitative estimate of drug-likeness (QED) is 0.119. The fraction of sp³-hybridized carbons (Fsp3) is 0.0392. The number of para-hydroxylation sites is 2. The lowest BCUT2D eigenvalue weighted by Crippen LogP contribution is -2.08. The minimum atomic E-state index is -0.0459. The summed E-state index contributed by atoms with van der Waals surface area (Å²) in [5, 5.41) is 2.44. The molecule has 2 aromatic heterocycles. The Balaban J connectivity index is 1.06. The molecule has 0 fully saturated rings. The third-order valence-electron chi connectivity index (χ3n) is 10.2. The van der Waals surface area contributed by atoms with E-state index in [1.165, 1.54) is 21.8 Å². The van der Waals surface area contributed by atoms with Gasteiger partial charge in [-0.1, -0.05) is 153 Å². The minimum absolute atomic E-state index is 0.0459. The summed E-state index contributed by atoms with van der Waals surface area (Å²) in [6.45, 7) is 2.12. The second-order valence-electron chi connectivity index (χ2n) is 13.9. The van der Waals surface area contributed by atoms with Crippen LogP contribution in [-0.4, -0.2) is 20.4 Å². The zero-order chi connectivity index (χ0) is 37.8. The second-order valence-corrected chi connectivity index (χ2v) is 13.9. The molecule has 0 amide bonds. The zero-order valence-electron chi connectivity index (χ0n) is 31.0. The number of rotatable bonds is 9. The van der Waals surface area contributed by atoms with Crippen LogP contribution >= 0.6 is 0 Å². The number of nitrogens with zero attached hydrogens (tertiary/aromatic N) is 4. The lowest BCUT2D eigenvalue weighted by Gasteiger charge is -2.12. The molecule has 0 saturated heterocycles. The average molecular weight is 722 g/mol. The summed E-state index contributed by atoms with van der Waals surface area (Å²) in [6.07, 6.45) is 3.94. The summed E-state index contributed by atoms with van der Waals surface area (Å²) in [4.78, 5) is 14.9. The molecule has 1 atom stereocenters. The van der Waals surface area contributed by atoms with Crippen LogP contribution in [0.1, 0.15) is 18.5 Å². The molecule has 2 heterocycles. The summed E-state index contributed by atoms with van der Waals surface area (Å²) in [5.41, 5.74) is 19.1. The van der Waals surface area contributed by atoms with E-state index in [9.17, 15) is 0 Å². The summed E-state index contributed by atoms with van der Waals surface area (Å²) >= 11 is 0. The maximum atomic E-state index is 6.66. The third kappa shape index (κ3) is 6.90. The van der Waals surface area contributed by atoms with Gasteiger partial charge in [0.15, 0.2) is 5.82 Å². The highest BCUT2D eigenvalue weighted by molar-refractivity contribution is 6.10. The molecule has 268 valence electrons. The van der Waals surface area contributed by atoms with Crippen LogP contribution in [0, 0.1) is 0 Å². The SMILES string of the molecule is CC(/C=C\C(N)=Nc1ccc(-c2ccc3c(c2)c2ccccc2n3-c2ccccc2)cc1-c1ccccc1)c1cc(-c2ccccc2)nc(-c2ccccc2)n1. The van der Waals surface area contributed by atoms with E-state index in [1.54, 1.807) is 0 Å². The molecule has 0 bridgehead atoms. The number of aromatic nitrogens is 3. The Labute approximate surface area is 326 Å². The van der Waals surface area contributed by atoms with E-state index in [-0.39, 0.29) is 5.92 Å². The van der Waals surface area contributed by atoms with Crippen molar-refractivity contribution in [1.82, 2.24) is 14.5 Å². The molecule has 2 N–H and O–H groups in total. The number of amidine groups is 1. The fourth-order valence-electron chi connectivity index (χ4n) is 7.36. The number of hydrogen-bond acceptors (Lipinski definition) is 3. The molecule has 0 aliphatic carbocycles. The van der Waals surface area contributed by atoms with E-state index in [0.29, 0.717) is 11.7 Å². The number of nitrogens with two attached hydrogens (primary N) is 1. The summed E-state index contributed by atoms with van der Waals surface area (Å²) in [6, 6.07) is 65.1. The lowest BCUT2D eigenvalue weighted by atomic mass is 9.96. The van der Waals surface area contributed by atoms with Gasteiger partial charge in [-0.2, -0.15) is 0 Å². The third-order valence-corrected chi connectivity index (χ3v) is 10.2. The summed E-state index contributed by atoms with van der Waals surface area (Å²) in [5.74, 6) is 1.06. The smallest absolute Gasteiger partial charge is 0.160 e. The lowest BCUT2D eigenvalue weighted by molar-refractivity contribution is 0.897. The molecule has 9 rings (SSSR count). The van der Waals surface area contributed by atoms with E-state index < -0.39 is 0 Å². The van der Waals surface area contributed by atoms with E-state index in [1.807, 2.05) is 60.7 Å². The highest BCUT2D eigenvalue weighted by Gasteiger charge is 2.15. The average Bonchev–Trinajstić information content (AvgIpc) is 3.60. The van der Waals surface area contributed by atoms with E-state index in [2.05, 4.69) is 151 Å². The molecule has 1 unspecified atom stereocenters. The first-order valence-corrected chi connectivity index (χ1v) is 18.9. The van der Waals surface area contributed by atoms with Crippen LogP contribution in [-0.2, 0) is 0 Å². The molecule has 0 saturated carbocycles. The fourth-order valence-corrected chi connectivity index (χ4v) is 7.36. The number of aliphatic imine (C=N–C) groups is 1. The Morgan fingerprint density at radius 2 is 1.14 bits per heavy atom. The van der Waals surface area contributed by atoms with Crippen molar-refractivity contribution in [1.29, 1.82) is 0 Å². The van der Waals surface area contributed by atoms with Crippen LogP contribution < -0.4 is 5.73 Å². The van der Waals surface area contributed by atoms with Gasteiger partial charge < -0.3 is 10.3 Å². The van der Waals surface area contributed by atoms with Crippen LogP contribution in [0.3, 0.4) is 0 Å². The standard InChI is InChI=1S/C51H39N5/c1-35(46-34-47(37-18-8-3-9-19-37)55-51(54-46)38-20-10-4-11-21-38)26-31-50(52)53-45-29-27-39(32-43(45)36-16-6-2-7-17-36)40-28-30-49-44(33-40)42-24-14-15-25-48(42)56(49)41-22-12-5-13-23-41/h2-35H,1H3,(H2,52,53)/b31-26-. The second kappa shape index (κ2) is 15.2. The Hall–Kier alpha value is -7.37. The van der Waals surface area contributed by atoms with Gasteiger partial charge in [0, 0.05) is 39.1 Å². The first kappa shape index (κ1) is 34.4. The van der Waals surface area contributed by atoms with E-state index in [4.69, 9.17) is 20.7 Å². The van der Waals surface area contributed by atoms with Gasteiger partial charge in [0.1, 0.15) is 5.84 Å². The predicted octanol–water partition coefficient (Wildman–Crippen LogP) is 12.6. The van der Waals surface area contributed by atoms with E-state index >= 15 is 0 Å². The topological polar surface area (TPSA) is 69.1 Å². The summed E-state index contributed by atoms with van der Waals surface area (Å²) < 4.78 is 2.34. The van der Waals surface area contributed by atoms with Crippen LogP contribution in [0.25, 0.3) is 72.4 Å². The van der Waals surface area contributed by atoms with Crippen molar-refractivity contribution in [3.63, 3.8) is 0 Å². The van der Waals surface area contributed by atoms with Crippen molar-refractivity contribution in [3.05, 3.63) is 206 Å². The molecule has 0 aliphatic heterocycles. The van der Waals surface area contributed by atoms with Crippen LogP contribution in [0.4, 0.5) is 5.69 Å². The van der Waals surface area contributed by atoms with E-state index in [0.717, 1.165) is 56.1 Å². The van der Waals surface area contributed by atoms with Crippen LogP contribution in [0.5, 0.6) is 0 Å². The molecule has 0 spiro atoms. The van der Waals surface area contributed by atoms with Crippen LogP contribution in [0.2, 0.25) is 0 Å². The maximum absolute atomic E-state index is 6.66. The molecule has 5 nitrogen and oxygen atoms in total. The molecule has 0 radical (unpaired) electrons. The normalized spacial score (nSPS) is 12.4. The van der Waals surface area contributed by atoms with Crippen molar-refractivity contribution in [2.45, 2.75) is 12.8 Å². The summed E-state index contributed by atoms with van der Waals surface area (Å²) in [7, 11) is 0. The van der Waals surface area contributed by atoms with Gasteiger partial charge in [-0.15, -0.1) is 0 Å². The Bertz CT molecular complexity index is 2800. The number of fused-ring (bicyclic) bond motifs is 3. The number of benzene rings is 7. The van der Waals surface area contributed by atoms with Gasteiger partial charge >= 0.3 is 0 Å². The molecule has 0 aliphatic rings. The largest absolute Gasteiger partial charge is 0.384 e. The Kier molecular flexibility index (Phi) is 9.32. The Morgan fingerprint density at radius 1 is 0.554 bits per heavy atom. The van der Waals surface area contributed by atoms with Crippen molar-refractivity contribution in [2.24, 2.45) is 10.7 Å². The van der Waals surface area contributed by atoms with Gasteiger partial charge in [0.05, 0.1) is 28.1 Å². The predicted molar refractivity (Wildman–Crippen MR) is 233 cm³/mol. The van der Waals surface area contributed by atoms with Gasteiger partial charge in [-0.3, -0.25) is 0 Å². The number of allylic oxidation sites excluding steroid dienone is 1. The van der Waals surface area contributed by atoms with Gasteiger partial charge in [-0.25, -0.2) is 15.0 Å². The van der Waals surface area contributed by atoms with Crippen molar-refractivity contribution >= 4 is 33.3 Å². The highest BCUT2D eigenvalue weighted by atomic mass is 15.0. The first-order valence-electron chi connectivity index (χ1n) is 18.9. The van der Waals surface area contributed by atoms with Gasteiger partial charge in [0.25, 0.3) is 0 Å². The molecular formula is C51H39N5. The highest BCUT2D eigenvalue weighted by Crippen LogP contribution is 2.38. The first-order chi connectivity index (χ1) is 27.6. The number of hydrogen-bond donors (Lipinski definition) is 1. The molecule has 56 heavy (non-hydrogen) atoms. The van der Waals surface area contributed by atoms with Crippen LogP contribution in [0.15, 0.2) is 205 Å². The molecular weight excluding hydrogens is 683 g/mol. The molecule has 5 heteroatoms. The maximum Gasteiger partial charge on any atom is 0.160 e. The minimum Gasteiger partial charge on any atom is -0.384 e. The van der Waals surface area contributed by atoms with Gasteiger partial charge in [-0.05, 0) is 71.3 Å². The zero-order valence-corrected chi connectivity index (χ0v) is 31.0. The van der Waals surface area contributed by atoms with Gasteiger partial charge in [0.2, 0.25) is 0 Å². The van der Waals surface area contributed by atoms with Crippen molar-refractivity contribution in [2.75, 3.05) is 0 Å². The monoisotopic (exact) mass is 721 g/mol.